The number of carbonyl (C=O) groups excluding carboxylic acids is 1. The highest BCUT2D eigenvalue weighted by molar-refractivity contribution is 5.78. The SMILES string of the molecule is CCC(C)NC(=O)CNCCc1cccc(C)c1. The Kier molecular flexibility index (Phi) is 6.44. The third-order valence-corrected chi connectivity index (χ3v) is 2.98. The van der Waals surface area contributed by atoms with E-state index in [-0.39, 0.29) is 11.9 Å². The maximum Gasteiger partial charge on any atom is 0.234 e. The van der Waals surface area contributed by atoms with E-state index in [2.05, 4.69) is 48.7 Å². The van der Waals surface area contributed by atoms with Crippen LogP contribution in [0.15, 0.2) is 24.3 Å². The van der Waals surface area contributed by atoms with Crippen molar-refractivity contribution in [2.45, 2.75) is 39.7 Å². The molecule has 0 saturated carbocycles. The van der Waals surface area contributed by atoms with Gasteiger partial charge in [-0.3, -0.25) is 4.79 Å². The minimum atomic E-state index is 0.0774. The molecule has 0 aliphatic rings. The van der Waals surface area contributed by atoms with E-state index in [9.17, 15) is 4.79 Å². The fourth-order valence-corrected chi connectivity index (χ4v) is 1.73. The second-order valence-electron chi connectivity index (χ2n) is 4.79. The first kappa shape index (κ1) is 14.7. The summed E-state index contributed by atoms with van der Waals surface area (Å²) in [5.74, 6) is 0.0774. The van der Waals surface area contributed by atoms with Crippen LogP contribution in [0.2, 0.25) is 0 Å². The van der Waals surface area contributed by atoms with Crippen LogP contribution < -0.4 is 10.6 Å². The number of hydrogen-bond donors (Lipinski definition) is 2. The highest BCUT2D eigenvalue weighted by Gasteiger charge is 2.04. The molecule has 0 spiro atoms. The molecule has 0 heterocycles. The average Bonchev–Trinajstić information content (AvgIpc) is 2.34. The summed E-state index contributed by atoms with van der Waals surface area (Å²) >= 11 is 0. The molecular weight excluding hydrogens is 224 g/mol. The van der Waals surface area contributed by atoms with Crippen molar-refractivity contribution in [2.75, 3.05) is 13.1 Å². The summed E-state index contributed by atoms with van der Waals surface area (Å²) in [7, 11) is 0. The molecule has 1 unspecified atom stereocenters. The van der Waals surface area contributed by atoms with Gasteiger partial charge in [-0.05, 0) is 38.8 Å². The number of carbonyl (C=O) groups is 1. The van der Waals surface area contributed by atoms with E-state index in [1.165, 1.54) is 11.1 Å². The van der Waals surface area contributed by atoms with Crippen molar-refractivity contribution in [1.82, 2.24) is 10.6 Å². The normalized spacial score (nSPS) is 12.2. The van der Waals surface area contributed by atoms with Crippen LogP contribution in [0.1, 0.15) is 31.4 Å². The number of nitrogens with one attached hydrogen (secondary N) is 2. The molecule has 0 saturated heterocycles. The molecular formula is C15H24N2O. The predicted octanol–water partition coefficient (Wildman–Crippen LogP) is 2.04. The van der Waals surface area contributed by atoms with Crippen molar-refractivity contribution in [3.8, 4) is 0 Å². The van der Waals surface area contributed by atoms with Crippen LogP contribution in [-0.4, -0.2) is 25.0 Å². The van der Waals surface area contributed by atoms with Crippen LogP contribution in [0, 0.1) is 6.92 Å². The zero-order valence-electron chi connectivity index (χ0n) is 11.6. The predicted molar refractivity (Wildman–Crippen MR) is 75.6 cm³/mol. The van der Waals surface area contributed by atoms with Crippen LogP contribution in [0.3, 0.4) is 0 Å². The van der Waals surface area contributed by atoms with Gasteiger partial charge in [0.25, 0.3) is 0 Å². The quantitative estimate of drug-likeness (QED) is 0.725. The largest absolute Gasteiger partial charge is 0.353 e. The van der Waals surface area contributed by atoms with Gasteiger partial charge in [0, 0.05) is 6.04 Å². The van der Waals surface area contributed by atoms with Crippen molar-refractivity contribution in [3.05, 3.63) is 35.4 Å². The van der Waals surface area contributed by atoms with Gasteiger partial charge in [-0.15, -0.1) is 0 Å². The van der Waals surface area contributed by atoms with E-state index < -0.39 is 0 Å². The fourth-order valence-electron chi connectivity index (χ4n) is 1.73. The lowest BCUT2D eigenvalue weighted by Gasteiger charge is -2.11. The molecule has 100 valence electrons. The number of rotatable bonds is 7. The molecule has 1 amide bonds. The Bertz CT molecular complexity index is 377. The first-order valence-electron chi connectivity index (χ1n) is 6.67. The molecule has 1 atom stereocenters. The lowest BCUT2D eigenvalue weighted by atomic mass is 10.1. The molecule has 0 radical (unpaired) electrons. The Labute approximate surface area is 110 Å². The van der Waals surface area contributed by atoms with Crippen LogP contribution in [0.25, 0.3) is 0 Å². The van der Waals surface area contributed by atoms with Gasteiger partial charge in [0.15, 0.2) is 0 Å². The summed E-state index contributed by atoms with van der Waals surface area (Å²) in [4.78, 5) is 11.5. The smallest absolute Gasteiger partial charge is 0.234 e. The van der Waals surface area contributed by atoms with Crippen molar-refractivity contribution >= 4 is 5.91 Å². The van der Waals surface area contributed by atoms with E-state index in [0.29, 0.717) is 6.54 Å². The maximum atomic E-state index is 11.5. The zero-order chi connectivity index (χ0) is 13.4. The van der Waals surface area contributed by atoms with E-state index in [4.69, 9.17) is 0 Å². The van der Waals surface area contributed by atoms with E-state index >= 15 is 0 Å². The van der Waals surface area contributed by atoms with Gasteiger partial charge in [-0.25, -0.2) is 0 Å². The van der Waals surface area contributed by atoms with Gasteiger partial charge in [-0.1, -0.05) is 36.8 Å². The Morgan fingerprint density at radius 2 is 2.17 bits per heavy atom. The Morgan fingerprint density at radius 1 is 1.39 bits per heavy atom. The van der Waals surface area contributed by atoms with Crippen LogP contribution in [-0.2, 0) is 11.2 Å². The highest BCUT2D eigenvalue weighted by atomic mass is 16.1. The van der Waals surface area contributed by atoms with Crippen LogP contribution >= 0.6 is 0 Å². The summed E-state index contributed by atoms with van der Waals surface area (Å²) in [6, 6.07) is 8.72. The summed E-state index contributed by atoms with van der Waals surface area (Å²) in [5.41, 5.74) is 2.59. The third-order valence-electron chi connectivity index (χ3n) is 2.98. The number of hydrogen-bond acceptors (Lipinski definition) is 2. The zero-order valence-corrected chi connectivity index (χ0v) is 11.6. The molecule has 18 heavy (non-hydrogen) atoms. The van der Waals surface area contributed by atoms with Gasteiger partial charge < -0.3 is 10.6 Å². The fraction of sp³-hybridized carbons (Fsp3) is 0.533. The summed E-state index contributed by atoms with van der Waals surface area (Å²) in [6.07, 6.45) is 1.92. The average molecular weight is 248 g/mol. The van der Waals surface area contributed by atoms with E-state index in [0.717, 1.165) is 19.4 Å². The van der Waals surface area contributed by atoms with Crippen LogP contribution in [0.4, 0.5) is 0 Å². The lowest BCUT2D eigenvalue weighted by molar-refractivity contribution is -0.120. The third kappa shape index (κ3) is 5.82. The van der Waals surface area contributed by atoms with Crippen molar-refractivity contribution in [1.29, 1.82) is 0 Å². The Balaban J connectivity index is 2.17. The second kappa shape index (κ2) is 7.88. The van der Waals surface area contributed by atoms with E-state index in [1.54, 1.807) is 0 Å². The topological polar surface area (TPSA) is 41.1 Å². The van der Waals surface area contributed by atoms with Gasteiger partial charge in [-0.2, -0.15) is 0 Å². The molecule has 2 N–H and O–H groups in total. The van der Waals surface area contributed by atoms with Gasteiger partial charge in [0.2, 0.25) is 5.91 Å². The van der Waals surface area contributed by atoms with Crippen molar-refractivity contribution in [3.63, 3.8) is 0 Å². The summed E-state index contributed by atoms with van der Waals surface area (Å²) < 4.78 is 0. The van der Waals surface area contributed by atoms with Gasteiger partial charge in [0.05, 0.1) is 6.54 Å². The molecule has 0 aliphatic heterocycles. The van der Waals surface area contributed by atoms with Gasteiger partial charge in [0.1, 0.15) is 0 Å². The van der Waals surface area contributed by atoms with Crippen LogP contribution in [0.5, 0.6) is 0 Å². The summed E-state index contributed by atoms with van der Waals surface area (Å²) in [6.45, 7) is 7.41. The molecule has 1 rings (SSSR count). The number of amides is 1. The van der Waals surface area contributed by atoms with Crippen molar-refractivity contribution in [2.24, 2.45) is 0 Å². The molecule has 0 fully saturated rings. The molecule has 0 bridgehead atoms. The highest BCUT2D eigenvalue weighted by Crippen LogP contribution is 2.03. The maximum absolute atomic E-state index is 11.5. The summed E-state index contributed by atoms with van der Waals surface area (Å²) in [5, 5.41) is 6.11. The molecule has 3 heteroatoms. The molecule has 0 aromatic heterocycles. The van der Waals surface area contributed by atoms with E-state index in [1.807, 2.05) is 6.92 Å². The Hall–Kier alpha value is -1.35. The first-order chi connectivity index (χ1) is 8.61. The first-order valence-corrected chi connectivity index (χ1v) is 6.67. The van der Waals surface area contributed by atoms with Gasteiger partial charge >= 0.3 is 0 Å². The molecule has 3 nitrogen and oxygen atoms in total. The van der Waals surface area contributed by atoms with Crippen molar-refractivity contribution < 1.29 is 4.79 Å². The number of benzene rings is 1. The minimum absolute atomic E-state index is 0.0774. The molecule has 0 aliphatic carbocycles. The second-order valence-corrected chi connectivity index (χ2v) is 4.79. The molecule has 1 aromatic rings. The molecule has 1 aromatic carbocycles. The Morgan fingerprint density at radius 3 is 2.83 bits per heavy atom. The number of aryl methyl sites for hydroxylation is 1. The lowest BCUT2D eigenvalue weighted by Crippen LogP contribution is -2.39. The minimum Gasteiger partial charge on any atom is -0.353 e. The monoisotopic (exact) mass is 248 g/mol. The standard InChI is InChI=1S/C15H24N2O/c1-4-13(3)17-15(18)11-16-9-8-14-7-5-6-12(2)10-14/h5-7,10,13,16H,4,8-9,11H2,1-3H3,(H,17,18).